The van der Waals surface area contributed by atoms with Crippen molar-refractivity contribution in [2.75, 3.05) is 13.1 Å². The number of benzene rings is 1. The summed E-state index contributed by atoms with van der Waals surface area (Å²) in [4.78, 5) is 25.8. The highest BCUT2D eigenvalue weighted by molar-refractivity contribution is 7.20. The van der Waals surface area contributed by atoms with Gasteiger partial charge in [-0.3, -0.25) is 9.59 Å². The van der Waals surface area contributed by atoms with Gasteiger partial charge < -0.3 is 10.2 Å². The first-order valence-corrected chi connectivity index (χ1v) is 8.73. The molecule has 1 heterocycles. The van der Waals surface area contributed by atoms with Crippen LogP contribution in [-0.4, -0.2) is 29.8 Å². The van der Waals surface area contributed by atoms with Crippen LogP contribution in [0.3, 0.4) is 0 Å². The van der Waals surface area contributed by atoms with Gasteiger partial charge in [-0.05, 0) is 30.7 Å². The molecule has 1 aromatic heterocycles. The van der Waals surface area contributed by atoms with Crippen LogP contribution in [0.4, 0.5) is 4.39 Å². The Kier molecular flexibility index (Phi) is 6.60. The fraction of sp³-hybridized carbons (Fsp3) is 0.250. The van der Waals surface area contributed by atoms with E-state index < -0.39 is 0 Å². The van der Waals surface area contributed by atoms with Gasteiger partial charge in [-0.1, -0.05) is 35.3 Å². The second kappa shape index (κ2) is 8.46. The number of carbonyl (C=O) groups excluding carboxylic acids is 2. The summed E-state index contributed by atoms with van der Waals surface area (Å²) in [5.41, 5.74) is 1.06. The largest absolute Gasteiger partial charge is 0.350 e. The summed E-state index contributed by atoms with van der Waals surface area (Å²) in [6.07, 6.45) is 0. The molecule has 0 aliphatic carbocycles. The highest BCUT2D eigenvalue weighted by Crippen LogP contribution is 2.31. The third kappa shape index (κ3) is 4.93. The zero-order valence-corrected chi connectivity index (χ0v) is 15.1. The molecule has 0 aliphatic heterocycles. The number of amides is 2. The lowest BCUT2D eigenvalue weighted by molar-refractivity contribution is -0.121. The van der Waals surface area contributed by atoms with Crippen LogP contribution < -0.4 is 5.32 Å². The maximum absolute atomic E-state index is 12.8. The monoisotopic (exact) mass is 388 g/mol. The number of thiophene rings is 1. The average molecular weight is 389 g/mol. The van der Waals surface area contributed by atoms with Crippen molar-refractivity contribution in [1.29, 1.82) is 0 Å². The molecule has 24 heavy (non-hydrogen) atoms. The quantitative estimate of drug-likeness (QED) is 0.813. The highest BCUT2D eigenvalue weighted by Gasteiger charge is 2.21. The minimum absolute atomic E-state index is 0.0969. The van der Waals surface area contributed by atoms with E-state index >= 15 is 0 Å². The highest BCUT2D eigenvalue weighted by atomic mass is 35.5. The van der Waals surface area contributed by atoms with Gasteiger partial charge in [-0.15, -0.1) is 11.3 Å². The van der Waals surface area contributed by atoms with Crippen molar-refractivity contribution in [2.24, 2.45) is 0 Å². The van der Waals surface area contributed by atoms with Crippen molar-refractivity contribution in [3.05, 3.63) is 55.9 Å². The van der Waals surface area contributed by atoms with E-state index in [-0.39, 0.29) is 30.7 Å². The van der Waals surface area contributed by atoms with Gasteiger partial charge in [0.1, 0.15) is 10.2 Å². The molecule has 0 saturated heterocycles. The Bertz CT molecular complexity index is 734. The van der Waals surface area contributed by atoms with Crippen molar-refractivity contribution in [1.82, 2.24) is 10.2 Å². The fourth-order valence-electron chi connectivity index (χ4n) is 2.02. The molecule has 2 rings (SSSR count). The summed E-state index contributed by atoms with van der Waals surface area (Å²) in [5.74, 6) is -0.992. The lowest BCUT2D eigenvalue weighted by Crippen LogP contribution is -2.40. The van der Waals surface area contributed by atoms with Crippen molar-refractivity contribution in [2.45, 2.75) is 13.5 Å². The average Bonchev–Trinajstić information content (AvgIpc) is 2.90. The van der Waals surface area contributed by atoms with Crippen LogP contribution >= 0.6 is 34.5 Å². The molecule has 2 amide bonds. The van der Waals surface area contributed by atoms with Crippen LogP contribution in [0.1, 0.15) is 22.8 Å². The normalized spacial score (nSPS) is 10.5. The summed E-state index contributed by atoms with van der Waals surface area (Å²) in [5, 5.41) is 2.70. The molecule has 4 nitrogen and oxygen atoms in total. The van der Waals surface area contributed by atoms with Crippen LogP contribution in [0.15, 0.2) is 30.3 Å². The zero-order chi connectivity index (χ0) is 17.7. The Balaban J connectivity index is 1.94. The maximum atomic E-state index is 12.8. The van der Waals surface area contributed by atoms with E-state index in [9.17, 15) is 14.0 Å². The standard InChI is InChI=1S/C16H15Cl2FN2O2S/c1-2-21(16(23)12-7-13(17)24-15(12)18)9-14(22)20-8-10-3-5-11(19)6-4-10/h3-7H,2,8-9H2,1H3,(H,20,22). The van der Waals surface area contributed by atoms with Gasteiger partial charge in [-0.2, -0.15) is 0 Å². The molecule has 1 aromatic carbocycles. The summed E-state index contributed by atoms with van der Waals surface area (Å²) in [6, 6.07) is 7.32. The van der Waals surface area contributed by atoms with Gasteiger partial charge in [-0.25, -0.2) is 4.39 Å². The van der Waals surface area contributed by atoms with E-state index in [0.717, 1.165) is 16.9 Å². The molecule has 8 heteroatoms. The molecule has 0 bridgehead atoms. The summed E-state index contributed by atoms with van der Waals surface area (Å²) >= 11 is 12.9. The van der Waals surface area contributed by atoms with E-state index in [1.165, 1.54) is 23.1 Å². The van der Waals surface area contributed by atoms with Crippen LogP contribution in [0, 0.1) is 5.82 Å². The van der Waals surface area contributed by atoms with Gasteiger partial charge in [0.25, 0.3) is 5.91 Å². The number of hydrogen-bond donors (Lipinski definition) is 1. The molecule has 128 valence electrons. The number of nitrogens with one attached hydrogen (secondary N) is 1. The van der Waals surface area contributed by atoms with E-state index in [2.05, 4.69) is 5.32 Å². The zero-order valence-electron chi connectivity index (χ0n) is 12.8. The maximum Gasteiger partial charge on any atom is 0.256 e. The van der Waals surface area contributed by atoms with Crippen LogP contribution in [0.5, 0.6) is 0 Å². The number of rotatable bonds is 6. The summed E-state index contributed by atoms with van der Waals surface area (Å²) in [6.45, 7) is 2.29. The third-order valence-corrected chi connectivity index (χ3v) is 4.78. The Morgan fingerprint density at radius 1 is 1.25 bits per heavy atom. The fourth-order valence-corrected chi connectivity index (χ4v) is 3.46. The molecule has 1 N–H and O–H groups in total. The molecule has 0 unspecified atom stereocenters. The Labute approximate surface area is 153 Å². The Hall–Kier alpha value is -1.63. The Morgan fingerprint density at radius 3 is 2.46 bits per heavy atom. The first-order valence-electron chi connectivity index (χ1n) is 7.16. The lowest BCUT2D eigenvalue weighted by Gasteiger charge is -2.20. The molecule has 0 fully saturated rings. The van der Waals surface area contributed by atoms with Gasteiger partial charge in [0.2, 0.25) is 5.91 Å². The van der Waals surface area contributed by atoms with Crippen molar-refractivity contribution < 1.29 is 14.0 Å². The number of halogens is 3. The van der Waals surface area contributed by atoms with Gasteiger partial charge in [0.15, 0.2) is 0 Å². The van der Waals surface area contributed by atoms with Crippen LogP contribution in [0.25, 0.3) is 0 Å². The minimum Gasteiger partial charge on any atom is -0.350 e. The number of hydrogen-bond acceptors (Lipinski definition) is 3. The van der Waals surface area contributed by atoms with Gasteiger partial charge in [0.05, 0.1) is 16.4 Å². The van der Waals surface area contributed by atoms with Gasteiger partial charge in [0, 0.05) is 13.1 Å². The first kappa shape index (κ1) is 18.7. The molecular weight excluding hydrogens is 374 g/mol. The number of likely N-dealkylation sites (N-methyl/N-ethyl adjacent to an activating group) is 1. The SMILES string of the molecule is CCN(CC(=O)NCc1ccc(F)cc1)C(=O)c1cc(Cl)sc1Cl. The van der Waals surface area contributed by atoms with Crippen LogP contribution in [0.2, 0.25) is 8.67 Å². The molecule has 2 aromatic rings. The molecule has 0 saturated carbocycles. The first-order chi connectivity index (χ1) is 11.4. The van der Waals surface area contributed by atoms with E-state index in [1.807, 2.05) is 0 Å². The second-order valence-corrected chi connectivity index (χ2v) is 7.25. The lowest BCUT2D eigenvalue weighted by atomic mass is 10.2. The second-order valence-electron chi connectivity index (χ2n) is 4.96. The molecule has 0 atom stereocenters. The molecule has 0 radical (unpaired) electrons. The molecule has 0 aliphatic rings. The third-order valence-electron chi connectivity index (χ3n) is 3.29. The predicted octanol–water partition coefficient (Wildman–Crippen LogP) is 3.97. The van der Waals surface area contributed by atoms with Crippen molar-refractivity contribution in [3.63, 3.8) is 0 Å². The number of nitrogens with zero attached hydrogens (tertiary/aromatic N) is 1. The number of carbonyl (C=O) groups is 2. The minimum atomic E-state index is -0.345. The van der Waals surface area contributed by atoms with E-state index in [0.29, 0.717) is 20.8 Å². The van der Waals surface area contributed by atoms with Gasteiger partial charge >= 0.3 is 0 Å². The smallest absolute Gasteiger partial charge is 0.256 e. The van der Waals surface area contributed by atoms with E-state index in [4.69, 9.17) is 23.2 Å². The molecular formula is C16H15Cl2FN2O2S. The van der Waals surface area contributed by atoms with Crippen molar-refractivity contribution >= 4 is 46.4 Å². The summed E-state index contributed by atoms with van der Waals surface area (Å²) in [7, 11) is 0. The molecule has 0 spiro atoms. The topological polar surface area (TPSA) is 49.4 Å². The van der Waals surface area contributed by atoms with E-state index in [1.54, 1.807) is 19.1 Å². The summed E-state index contributed by atoms with van der Waals surface area (Å²) < 4.78 is 13.6. The predicted molar refractivity (Wildman–Crippen MR) is 94.2 cm³/mol. The Morgan fingerprint density at radius 2 is 1.92 bits per heavy atom. The van der Waals surface area contributed by atoms with Crippen molar-refractivity contribution in [3.8, 4) is 0 Å². The van der Waals surface area contributed by atoms with Crippen LogP contribution in [-0.2, 0) is 11.3 Å².